The molecule has 2 N–H and O–H groups in total. The van der Waals surface area contributed by atoms with Gasteiger partial charge < -0.3 is 15.2 Å². The van der Waals surface area contributed by atoms with Crippen molar-refractivity contribution >= 4 is 17.2 Å². The molecule has 2 atom stereocenters. The molecule has 1 amide bonds. The predicted octanol–water partition coefficient (Wildman–Crippen LogP) is 1.01. The van der Waals surface area contributed by atoms with Crippen LogP contribution in [0, 0.1) is 0 Å². The predicted molar refractivity (Wildman–Crippen MR) is 78.8 cm³/mol. The van der Waals surface area contributed by atoms with E-state index in [4.69, 9.17) is 4.74 Å². The van der Waals surface area contributed by atoms with E-state index in [2.05, 4.69) is 10.2 Å². The first-order valence-electron chi connectivity index (χ1n) is 6.94. The largest absolute Gasteiger partial charge is 0.388 e. The van der Waals surface area contributed by atoms with Gasteiger partial charge in [-0.15, -0.1) is 11.3 Å². The zero-order valence-electron chi connectivity index (χ0n) is 11.7. The lowest BCUT2D eigenvalue weighted by atomic mass is 10.1. The zero-order chi connectivity index (χ0) is 14.4. The molecule has 112 valence electrons. The van der Waals surface area contributed by atoms with Gasteiger partial charge in [-0.25, -0.2) is 0 Å². The molecule has 1 fully saturated rings. The Kier molecular flexibility index (Phi) is 5.97. The smallest absolute Gasteiger partial charge is 0.221 e. The molecule has 1 aliphatic rings. The minimum atomic E-state index is -0.454. The summed E-state index contributed by atoms with van der Waals surface area (Å²) in [5.74, 6) is 0.0500. The van der Waals surface area contributed by atoms with Crippen LogP contribution in [0.3, 0.4) is 0 Å². The van der Waals surface area contributed by atoms with E-state index < -0.39 is 6.10 Å². The van der Waals surface area contributed by atoms with Crippen molar-refractivity contribution in [3.05, 3.63) is 22.4 Å². The summed E-state index contributed by atoms with van der Waals surface area (Å²) in [7, 11) is 1.65. The third-order valence-corrected chi connectivity index (χ3v) is 4.59. The Labute approximate surface area is 123 Å². The van der Waals surface area contributed by atoms with Crippen molar-refractivity contribution in [2.75, 3.05) is 33.4 Å². The second-order valence-electron chi connectivity index (χ2n) is 4.95. The van der Waals surface area contributed by atoms with Crippen LogP contribution in [-0.4, -0.2) is 55.3 Å². The van der Waals surface area contributed by atoms with E-state index in [0.29, 0.717) is 32.6 Å². The SMILES string of the molecule is CNC(=O)CCN1CCOCC1CC(O)c1cccs1. The second kappa shape index (κ2) is 7.73. The van der Waals surface area contributed by atoms with E-state index in [9.17, 15) is 9.90 Å². The lowest BCUT2D eigenvalue weighted by molar-refractivity contribution is -0.121. The van der Waals surface area contributed by atoms with Gasteiger partial charge in [0.05, 0.1) is 19.3 Å². The first kappa shape index (κ1) is 15.4. The topological polar surface area (TPSA) is 61.8 Å². The highest BCUT2D eigenvalue weighted by atomic mass is 32.1. The molecule has 20 heavy (non-hydrogen) atoms. The van der Waals surface area contributed by atoms with Crippen LogP contribution in [0.4, 0.5) is 0 Å². The summed E-state index contributed by atoms with van der Waals surface area (Å²) in [6.45, 7) is 2.85. The molecule has 1 aliphatic heterocycles. The molecule has 6 heteroatoms. The summed E-state index contributed by atoms with van der Waals surface area (Å²) in [5.41, 5.74) is 0. The fourth-order valence-electron chi connectivity index (χ4n) is 2.43. The number of ether oxygens (including phenoxy) is 1. The quantitative estimate of drug-likeness (QED) is 0.823. The minimum Gasteiger partial charge on any atom is -0.388 e. The third-order valence-electron chi connectivity index (χ3n) is 3.62. The van der Waals surface area contributed by atoms with Gasteiger partial charge in [0.25, 0.3) is 0 Å². The molecule has 1 aromatic rings. The van der Waals surface area contributed by atoms with E-state index in [0.717, 1.165) is 11.4 Å². The number of aliphatic hydroxyl groups excluding tert-OH is 1. The number of nitrogens with zero attached hydrogens (tertiary/aromatic N) is 1. The Balaban J connectivity index is 1.88. The normalized spacial score (nSPS) is 21.6. The lowest BCUT2D eigenvalue weighted by Gasteiger charge is -2.36. The van der Waals surface area contributed by atoms with Gasteiger partial charge >= 0.3 is 0 Å². The molecule has 0 aromatic carbocycles. The Hall–Kier alpha value is -0.950. The highest BCUT2D eigenvalue weighted by Crippen LogP contribution is 2.25. The van der Waals surface area contributed by atoms with Gasteiger partial charge in [-0.05, 0) is 17.9 Å². The van der Waals surface area contributed by atoms with Gasteiger partial charge in [-0.3, -0.25) is 9.69 Å². The van der Waals surface area contributed by atoms with E-state index in [-0.39, 0.29) is 11.9 Å². The summed E-state index contributed by atoms with van der Waals surface area (Å²) in [4.78, 5) is 14.6. The summed E-state index contributed by atoms with van der Waals surface area (Å²) >= 11 is 1.57. The Bertz CT molecular complexity index is 411. The molecule has 2 rings (SSSR count). The maximum Gasteiger partial charge on any atom is 0.221 e. The van der Waals surface area contributed by atoms with Crippen molar-refractivity contribution in [3.8, 4) is 0 Å². The number of morpholine rings is 1. The second-order valence-corrected chi connectivity index (χ2v) is 5.93. The van der Waals surface area contributed by atoms with E-state index in [1.54, 1.807) is 18.4 Å². The fraction of sp³-hybridized carbons (Fsp3) is 0.643. The van der Waals surface area contributed by atoms with E-state index >= 15 is 0 Å². The standard InChI is InChI=1S/C14H22N2O3S/c1-15-14(18)4-5-16-6-7-19-10-11(16)9-12(17)13-3-2-8-20-13/h2-3,8,11-12,17H,4-7,9-10H2,1H3,(H,15,18). The Morgan fingerprint density at radius 1 is 1.70 bits per heavy atom. The zero-order valence-corrected chi connectivity index (χ0v) is 12.6. The Morgan fingerprint density at radius 3 is 3.25 bits per heavy atom. The van der Waals surface area contributed by atoms with Crippen molar-refractivity contribution < 1.29 is 14.6 Å². The summed E-state index contributed by atoms with van der Waals surface area (Å²) in [6.07, 6.45) is 0.681. The summed E-state index contributed by atoms with van der Waals surface area (Å²) < 4.78 is 5.51. The molecule has 0 radical (unpaired) electrons. The molecule has 5 nitrogen and oxygen atoms in total. The number of thiophene rings is 1. The van der Waals surface area contributed by atoms with Gasteiger partial charge in [0, 0.05) is 37.5 Å². The average molecular weight is 298 g/mol. The number of carbonyl (C=O) groups is 1. The Morgan fingerprint density at radius 2 is 2.55 bits per heavy atom. The first-order valence-corrected chi connectivity index (χ1v) is 7.82. The molecule has 1 aromatic heterocycles. The molecule has 0 aliphatic carbocycles. The fourth-order valence-corrected chi connectivity index (χ4v) is 3.15. The van der Waals surface area contributed by atoms with Crippen LogP contribution in [0.15, 0.2) is 17.5 Å². The maximum atomic E-state index is 11.4. The number of rotatable bonds is 6. The third kappa shape index (κ3) is 4.28. The van der Waals surface area contributed by atoms with Crippen molar-refractivity contribution in [3.63, 3.8) is 0 Å². The highest BCUT2D eigenvalue weighted by molar-refractivity contribution is 7.10. The van der Waals surface area contributed by atoms with Gasteiger partial charge in [0.1, 0.15) is 0 Å². The van der Waals surface area contributed by atoms with Crippen LogP contribution in [0.2, 0.25) is 0 Å². The molecular formula is C14H22N2O3S. The molecule has 2 unspecified atom stereocenters. The first-order chi connectivity index (χ1) is 9.70. The van der Waals surface area contributed by atoms with Crippen LogP contribution in [0.1, 0.15) is 23.8 Å². The molecule has 1 saturated heterocycles. The molecular weight excluding hydrogens is 276 g/mol. The molecule has 0 spiro atoms. The summed E-state index contributed by atoms with van der Waals surface area (Å²) in [5, 5.41) is 14.9. The van der Waals surface area contributed by atoms with Crippen molar-refractivity contribution in [2.24, 2.45) is 0 Å². The van der Waals surface area contributed by atoms with Crippen LogP contribution in [-0.2, 0) is 9.53 Å². The van der Waals surface area contributed by atoms with Gasteiger partial charge in [0.2, 0.25) is 5.91 Å². The molecule has 2 heterocycles. The number of hydrogen-bond acceptors (Lipinski definition) is 5. The van der Waals surface area contributed by atoms with Crippen LogP contribution < -0.4 is 5.32 Å². The number of nitrogens with one attached hydrogen (secondary N) is 1. The van der Waals surface area contributed by atoms with Gasteiger partial charge in [-0.1, -0.05) is 6.07 Å². The van der Waals surface area contributed by atoms with Crippen molar-refractivity contribution in [1.82, 2.24) is 10.2 Å². The van der Waals surface area contributed by atoms with E-state index in [1.165, 1.54) is 0 Å². The van der Waals surface area contributed by atoms with E-state index in [1.807, 2.05) is 17.5 Å². The number of carbonyl (C=O) groups excluding carboxylic acids is 1. The molecule has 0 bridgehead atoms. The van der Waals surface area contributed by atoms with Crippen LogP contribution >= 0.6 is 11.3 Å². The van der Waals surface area contributed by atoms with Gasteiger partial charge in [-0.2, -0.15) is 0 Å². The average Bonchev–Trinajstić information content (AvgIpc) is 3.00. The summed E-state index contributed by atoms with van der Waals surface area (Å²) in [6, 6.07) is 4.07. The monoisotopic (exact) mass is 298 g/mol. The number of aliphatic hydroxyl groups is 1. The van der Waals surface area contributed by atoms with Crippen molar-refractivity contribution in [2.45, 2.75) is 25.0 Å². The lowest BCUT2D eigenvalue weighted by Crippen LogP contribution is -2.47. The van der Waals surface area contributed by atoms with Crippen molar-refractivity contribution in [1.29, 1.82) is 0 Å². The van der Waals surface area contributed by atoms with Crippen LogP contribution in [0.25, 0.3) is 0 Å². The molecule has 0 saturated carbocycles. The number of amides is 1. The number of hydrogen-bond donors (Lipinski definition) is 2. The highest BCUT2D eigenvalue weighted by Gasteiger charge is 2.26. The van der Waals surface area contributed by atoms with Gasteiger partial charge in [0.15, 0.2) is 0 Å². The van der Waals surface area contributed by atoms with Crippen LogP contribution in [0.5, 0.6) is 0 Å². The maximum absolute atomic E-state index is 11.4. The minimum absolute atomic E-state index is 0.0500.